The lowest BCUT2D eigenvalue weighted by Gasteiger charge is -2.12. The fourth-order valence-corrected chi connectivity index (χ4v) is 3.76. The van der Waals surface area contributed by atoms with Crippen LogP contribution in [-0.4, -0.2) is 15.0 Å². The van der Waals surface area contributed by atoms with Crippen molar-refractivity contribution in [2.24, 2.45) is 11.8 Å². The van der Waals surface area contributed by atoms with Gasteiger partial charge in [0.05, 0.1) is 4.90 Å². The van der Waals surface area contributed by atoms with Crippen LogP contribution in [0.25, 0.3) is 0 Å². The average molecular weight is 282 g/mol. The number of rotatable bonds is 4. The lowest BCUT2D eigenvalue weighted by atomic mass is 10.1. The maximum atomic E-state index is 12.2. The molecule has 0 aliphatic heterocycles. The Hall–Kier alpha value is -1.07. The molecule has 1 aromatic rings. The molecule has 4 nitrogen and oxygen atoms in total. The maximum absolute atomic E-state index is 12.2. The quantitative estimate of drug-likeness (QED) is 0.832. The molecule has 2 unspecified atom stereocenters. The highest BCUT2D eigenvalue weighted by Crippen LogP contribution is 2.30. The van der Waals surface area contributed by atoms with E-state index < -0.39 is 10.0 Å². The monoisotopic (exact) mass is 282 g/mol. The van der Waals surface area contributed by atoms with Gasteiger partial charge in [-0.05, 0) is 49.3 Å². The third-order valence-electron chi connectivity index (χ3n) is 3.93. The fraction of sp³-hybridized carbons (Fsp3) is 0.571. The number of nitrogen functional groups attached to an aromatic ring is 1. The molecule has 1 aliphatic carbocycles. The van der Waals surface area contributed by atoms with Crippen LogP contribution in [0.2, 0.25) is 0 Å². The summed E-state index contributed by atoms with van der Waals surface area (Å²) >= 11 is 0. The molecule has 1 saturated carbocycles. The Morgan fingerprint density at radius 2 is 2.11 bits per heavy atom. The number of benzene rings is 1. The lowest BCUT2D eigenvalue weighted by Crippen LogP contribution is -2.28. The van der Waals surface area contributed by atoms with Crippen LogP contribution in [0.4, 0.5) is 5.69 Å². The number of aryl methyl sites for hydroxylation is 1. The minimum absolute atomic E-state index is 0.252. The third kappa shape index (κ3) is 3.48. The second kappa shape index (κ2) is 5.51. The van der Waals surface area contributed by atoms with E-state index >= 15 is 0 Å². The van der Waals surface area contributed by atoms with E-state index in [0.29, 0.717) is 24.1 Å². The first-order chi connectivity index (χ1) is 8.88. The Bertz CT molecular complexity index is 555. The molecule has 0 bridgehead atoms. The van der Waals surface area contributed by atoms with Gasteiger partial charge in [-0.3, -0.25) is 0 Å². The molecule has 0 heterocycles. The highest BCUT2D eigenvalue weighted by atomic mass is 32.2. The molecular formula is C14H22N2O2S. The first-order valence-corrected chi connectivity index (χ1v) is 8.22. The van der Waals surface area contributed by atoms with E-state index in [1.54, 1.807) is 12.1 Å². The van der Waals surface area contributed by atoms with E-state index in [1.807, 2.05) is 6.92 Å². The molecule has 1 aromatic carbocycles. The number of anilines is 1. The molecule has 0 radical (unpaired) electrons. The van der Waals surface area contributed by atoms with Gasteiger partial charge in [0, 0.05) is 12.2 Å². The summed E-state index contributed by atoms with van der Waals surface area (Å²) < 4.78 is 27.0. The molecule has 0 amide bonds. The topological polar surface area (TPSA) is 72.2 Å². The summed E-state index contributed by atoms with van der Waals surface area (Å²) in [5.41, 5.74) is 7.17. The van der Waals surface area contributed by atoms with E-state index in [9.17, 15) is 8.42 Å². The summed E-state index contributed by atoms with van der Waals surface area (Å²) in [7, 11) is -3.43. The predicted octanol–water partition coefficient (Wildman–Crippen LogP) is 2.29. The van der Waals surface area contributed by atoms with Crippen molar-refractivity contribution >= 4 is 15.7 Å². The number of hydrogen-bond donors (Lipinski definition) is 2. The normalized spacial score (nSPS) is 23.7. The van der Waals surface area contributed by atoms with Crippen LogP contribution < -0.4 is 10.5 Å². The van der Waals surface area contributed by atoms with Gasteiger partial charge in [0.2, 0.25) is 10.0 Å². The third-order valence-corrected chi connectivity index (χ3v) is 5.35. The van der Waals surface area contributed by atoms with Crippen LogP contribution in [0.3, 0.4) is 0 Å². The van der Waals surface area contributed by atoms with Gasteiger partial charge in [-0.1, -0.05) is 19.4 Å². The van der Waals surface area contributed by atoms with Gasteiger partial charge in [0.25, 0.3) is 0 Å². The largest absolute Gasteiger partial charge is 0.398 e. The van der Waals surface area contributed by atoms with Gasteiger partial charge in [-0.25, -0.2) is 13.1 Å². The first-order valence-electron chi connectivity index (χ1n) is 6.74. The summed E-state index contributed by atoms with van der Waals surface area (Å²) in [6, 6.07) is 4.86. The average Bonchev–Trinajstić information content (AvgIpc) is 2.76. The molecule has 2 rings (SSSR count). The Morgan fingerprint density at radius 1 is 1.37 bits per heavy atom. The van der Waals surface area contributed by atoms with E-state index in [0.717, 1.165) is 18.4 Å². The zero-order valence-electron chi connectivity index (χ0n) is 11.5. The summed E-state index contributed by atoms with van der Waals surface area (Å²) in [4.78, 5) is 0.252. The van der Waals surface area contributed by atoms with Gasteiger partial charge in [0.1, 0.15) is 0 Å². The zero-order valence-corrected chi connectivity index (χ0v) is 12.3. The zero-order chi connectivity index (χ0) is 14.0. The van der Waals surface area contributed by atoms with Crippen molar-refractivity contribution in [1.29, 1.82) is 0 Å². The minimum atomic E-state index is -3.43. The Morgan fingerprint density at radius 3 is 2.68 bits per heavy atom. The molecule has 19 heavy (non-hydrogen) atoms. The summed E-state index contributed by atoms with van der Waals surface area (Å²) in [5, 5.41) is 0. The van der Waals surface area contributed by atoms with Gasteiger partial charge in [-0.2, -0.15) is 0 Å². The smallest absolute Gasteiger partial charge is 0.240 e. The first kappa shape index (κ1) is 14.3. The van der Waals surface area contributed by atoms with Crippen LogP contribution in [0, 0.1) is 18.8 Å². The second-order valence-corrected chi connectivity index (χ2v) is 7.42. The van der Waals surface area contributed by atoms with E-state index in [-0.39, 0.29) is 4.90 Å². The van der Waals surface area contributed by atoms with Crippen LogP contribution >= 0.6 is 0 Å². The minimum Gasteiger partial charge on any atom is -0.398 e. The van der Waals surface area contributed by atoms with Gasteiger partial charge in [-0.15, -0.1) is 0 Å². The Balaban J connectivity index is 2.03. The molecule has 0 aromatic heterocycles. The molecule has 3 N–H and O–H groups in total. The Kier molecular flexibility index (Phi) is 4.16. The van der Waals surface area contributed by atoms with Crippen LogP contribution in [0.5, 0.6) is 0 Å². The van der Waals surface area contributed by atoms with E-state index in [1.165, 1.54) is 12.5 Å². The maximum Gasteiger partial charge on any atom is 0.240 e. The molecule has 0 saturated heterocycles. The molecular weight excluding hydrogens is 260 g/mol. The molecule has 2 atom stereocenters. The van der Waals surface area contributed by atoms with Crippen molar-refractivity contribution in [1.82, 2.24) is 4.72 Å². The van der Waals surface area contributed by atoms with E-state index in [4.69, 9.17) is 5.73 Å². The fourth-order valence-electron chi connectivity index (χ4n) is 2.61. The number of sulfonamides is 1. The van der Waals surface area contributed by atoms with Crippen molar-refractivity contribution < 1.29 is 8.42 Å². The summed E-state index contributed by atoms with van der Waals surface area (Å²) in [6.45, 7) is 4.61. The van der Waals surface area contributed by atoms with Crippen molar-refractivity contribution in [3.05, 3.63) is 23.8 Å². The number of nitrogens with one attached hydrogen (secondary N) is 1. The summed E-state index contributed by atoms with van der Waals surface area (Å²) in [5.74, 6) is 1.18. The summed E-state index contributed by atoms with van der Waals surface area (Å²) in [6.07, 6.45) is 3.42. The van der Waals surface area contributed by atoms with Crippen molar-refractivity contribution in [2.75, 3.05) is 12.3 Å². The SMILES string of the molecule is Cc1ccc(S(=O)(=O)NCC2CCC(C)C2)cc1N. The van der Waals surface area contributed by atoms with E-state index in [2.05, 4.69) is 11.6 Å². The van der Waals surface area contributed by atoms with Crippen molar-refractivity contribution in [3.63, 3.8) is 0 Å². The highest BCUT2D eigenvalue weighted by molar-refractivity contribution is 7.89. The van der Waals surface area contributed by atoms with Gasteiger partial charge in [0.15, 0.2) is 0 Å². The molecule has 1 aliphatic rings. The Labute approximate surface area is 115 Å². The molecule has 106 valence electrons. The van der Waals surface area contributed by atoms with Crippen molar-refractivity contribution in [2.45, 2.75) is 38.0 Å². The number of hydrogen-bond acceptors (Lipinski definition) is 3. The number of nitrogens with two attached hydrogens (primary N) is 1. The lowest BCUT2D eigenvalue weighted by molar-refractivity contribution is 0.498. The second-order valence-electron chi connectivity index (χ2n) is 5.65. The molecule has 1 fully saturated rings. The van der Waals surface area contributed by atoms with Gasteiger partial charge < -0.3 is 5.73 Å². The predicted molar refractivity (Wildman–Crippen MR) is 77.3 cm³/mol. The molecule has 5 heteroatoms. The van der Waals surface area contributed by atoms with Gasteiger partial charge >= 0.3 is 0 Å². The van der Waals surface area contributed by atoms with Crippen LogP contribution in [-0.2, 0) is 10.0 Å². The van der Waals surface area contributed by atoms with Crippen LogP contribution in [0.1, 0.15) is 31.7 Å². The molecule has 0 spiro atoms. The highest BCUT2D eigenvalue weighted by Gasteiger charge is 2.23. The standard InChI is InChI=1S/C14H22N2O2S/c1-10-3-5-12(7-10)9-16-19(17,18)13-6-4-11(2)14(15)8-13/h4,6,8,10,12,16H,3,5,7,9,15H2,1-2H3. The van der Waals surface area contributed by atoms with Crippen LogP contribution in [0.15, 0.2) is 23.1 Å². The van der Waals surface area contributed by atoms with Crippen molar-refractivity contribution in [3.8, 4) is 0 Å².